The number of hydrogen-bond donors (Lipinski definition) is 2. The molecule has 1 aromatic carbocycles. The van der Waals surface area contributed by atoms with Gasteiger partial charge < -0.3 is 5.32 Å². The Hall–Kier alpha value is -2.69. The minimum atomic E-state index is -0.263. The molecule has 2 rings (SSSR count). The maximum atomic E-state index is 11.9. The van der Waals surface area contributed by atoms with Crippen molar-refractivity contribution >= 4 is 23.2 Å². The summed E-state index contributed by atoms with van der Waals surface area (Å²) < 4.78 is 0. The number of nitrogens with one attached hydrogen (secondary N) is 2. The van der Waals surface area contributed by atoms with E-state index in [9.17, 15) is 9.59 Å². The Morgan fingerprint density at radius 3 is 2.56 bits per heavy atom. The van der Waals surface area contributed by atoms with Gasteiger partial charge in [0.2, 0.25) is 11.8 Å². The van der Waals surface area contributed by atoms with Gasteiger partial charge in [0.15, 0.2) is 0 Å². The molecule has 5 heteroatoms. The van der Waals surface area contributed by atoms with Gasteiger partial charge in [-0.05, 0) is 50.3 Å². The summed E-state index contributed by atoms with van der Waals surface area (Å²) in [5.74, 6) is -0.0814. The normalized spacial score (nSPS) is 18.4. The second-order valence-corrected chi connectivity index (χ2v) is 6.38. The van der Waals surface area contributed by atoms with Crippen molar-refractivity contribution in [2.75, 3.05) is 5.32 Å². The van der Waals surface area contributed by atoms with E-state index in [-0.39, 0.29) is 24.7 Å². The SMILES string of the molecule is C=C(C)[C@H]1CC=C(C)C(=NNC(=O)CCC(=O)Nc2ccccc2)C1. The highest BCUT2D eigenvalue weighted by molar-refractivity contribution is 6.01. The van der Waals surface area contributed by atoms with E-state index in [1.165, 1.54) is 0 Å². The molecule has 2 amide bonds. The number of anilines is 1. The highest BCUT2D eigenvalue weighted by Crippen LogP contribution is 2.26. The third-order valence-corrected chi connectivity index (χ3v) is 4.25. The molecule has 0 fully saturated rings. The van der Waals surface area contributed by atoms with Crippen molar-refractivity contribution in [3.8, 4) is 0 Å². The Bertz CT molecular complexity index is 705. The van der Waals surface area contributed by atoms with E-state index in [1.54, 1.807) is 12.1 Å². The molecule has 132 valence electrons. The number of benzene rings is 1. The van der Waals surface area contributed by atoms with E-state index in [0.29, 0.717) is 5.92 Å². The summed E-state index contributed by atoms with van der Waals surface area (Å²) in [4.78, 5) is 23.8. The molecule has 0 unspecified atom stereocenters. The first kappa shape index (κ1) is 18.6. The summed E-state index contributed by atoms with van der Waals surface area (Å²) in [5.41, 5.74) is 6.37. The molecule has 1 aliphatic rings. The summed E-state index contributed by atoms with van der Waals surface area (Å²) in [7, 11) is 0. The van der Waals surface area contributed by atoms with Crippen LogP contribution in [0, 0.1) is 5.92 Å². The van der Waals surface area contributed by atoms with Crippen molar-refractivity contribution in [1.82, 2.24) is 5.43 Å². The zero-order valence-corrected chi connectivity index (χ0v) is 14.8. The van der Waals surface area contributed by atoms with E-state index in [0.717, 1.165) is 35.4 Å². The second kappa shape index (κ2) is 8.97. The predicted octanol–water partition coefficient (Wildman–Crippen LogP) is 3.81. The van der Waals surface area contributed by atoms with Crippen LogP contribution in [0.25, 0.3) is 0 Å². The van der Waals surface area contributed by atoms with Gasteiger partial charge in [-0.15, -0.1) is 0 Å². The van der Waals surface area contributed by atoms with Gasteiger partial charge in [-0.2, -0.15) is 5.10 Å². The molecular formula is C20H25N3O2. The molecule has 0 heterocycles. The minimum absolute atomic E-state index is 0.0993. The number of nitrogens with zero attached hydrogens (tertiary/aromatic N) is 1. The van der Waals surface area contributed by atoms with Gasteiger partial charge in [0.05, 0.1) is 5.71 Å². The third-order valence-electron chi connectivity index (χ3n) is 4.25. The zero-order chi connectivity index (χ0) is 18.2. The molecule has 1 aliphatic carbocycles. The van der Waals surface area contributed by atoms with E-state index >= 15 is 0 Å². The summed E-state index contributed by atoms with van der Waals surface area (Å²) in [6.07, 6.45) is 4.10. The fraction of sp³-hybridized carbons (Fsp3) is 0.350. The first-order chi connectivity index (χ1) is 12.0. The molecule has 2 N–H and O–H groups in total. The average Bonchev–Trinajstić information content (AvgIpc) is 2.60. The number of hydrazone groups is 1. The smallest absolute Gasteiger partial charge is 0.240 e. The van der Waals surface area contributed by atoms with Crippen LogP contribution >= 0.6 is 0 Å². The second-order valence-electron chi connectivity index (χ2n) is 6.38. The van der Waals surface area contributed by atoms with Gasteiger partial charge in [-0.1, -0.05) is 36.4 Å². The van der Waals surface area contributed by atoms with Crippen LogP contribution in [-0.4, -0.2) is 17.5 Å². The number of rotatable bonds is 6. The lowest BCUT2D eigenvalue weighted by molar-refractivity contribution is -0.124. The number of hydrogen-bond acceptors (Lipinski definition) is 3. The van der Waals surface area contributed by atoms with E-state index < -0.39 is 0 Å². The number of amides is 2. The molecule has 25 heavy (non-hydrogen) atoms. The van der Waals surface area contributed by atoms with E-state index in [4.69, 9.17) is 0 Å². The molecule has 1 aromatic rings. The lowest BCUT2D eigenvalue weighted by Gasteiger charge is -2.22. The molecule has 1 atom stereocenters. The Morgan fingerprint density at radius 1 is 1.20 bits per heavy atom. The van der Waals surface area contributed by atoms with Gasteiger partial charge in [0, 0.05) is 18.5 Å². The largest absolute Gasteiger partial charge is 0.326 e. The number of para-hydroxylation sites is 1. The third kappa shape index (κ3) is 6.03. The Labute approximate surface area is 148 Å². The van der Waals surface area contributed by atoms with Crippen LogP contribution in [0.15, 0.2) is 59.2 Å². The van der Waals surface area contributed by atoms with E-state index in [2.05, 4.69) is 28.5 Å². The van der Waals surface area contributed by atoms with Crippen molar-refractivity contribution in [2.45, 2.75) is 39.5 Å². The van der Waals surface area contributed by atoms with Gasteiger partial charge >= 0.3 is 0 Å². The lowest BCUT2D eigenvalue weighted by Crippen LogP contribution is -2.24. The van der Waals surface area contributed by atoms with Crippen molar-refractivity contribution in [3.63, 3.8) is 0 Å². The first-order valence-corrected chi connectivity index (χ1v) is 8.48. The van der Waals surface area contributed by atoms with Gasteiger partial charge in [0.25, 0.3) is 0 Å². The fourth-order valence-corrected chi connectivity index (χ4v) is 2.58. The van der Waals surface area contributed by atoms with Crippen LogP contribution < -0.4 is 10.7 Å². The predicted molar refractivity (Wildman–Crippen MR) is 101 cm³/mol. The molecule has 0 saturated carbocycles. The Balaban J connectivity index is 1.80. The van der Waals surface area contributed by atoms with Crippen LogP contribution in [0.2, 0.25) is 0 Å². The molecule has 0 radical (unpaired) electrons. The monoisotopic (exact) mass is 339 g/mol. The quantitative estimate of drug-likeness (QED) is 0.611. The van der Waals surface area contributed by atoms with Crippen molar-refractivity contribution < 1.29 is 9.59 Å². The summed E-state index contributed by atoms with van der Waals surface area (Å²) >= 11 is 0. The molecular weight excluding hydrogens is 314 g/mol. The van der Waals surface area contributed by atoms with E-state index in [1.807, 2.05) is 32.0 Å². The standard InChI is InChI=1S/C20H25N3O2/c1-14(2)16-10-9-15(3)18(13-16)22-23-20(25)12-11-19(24)21-17-7-5-4-6-8-17/h4-9,16H,1,10-13H2,2-3H3,(H,21,24)(H,23,25)/t16-/m0/s1. The molecule has 5 nitrogen and oxygen atoms in total. The fourth-order valence-electron chi connectivity index (χ4n) is 2.58. The van der Waals surface area contributed by atoms with Gasteiger partial charge in [-0.3, -0.25) is 9.59 Å². The Morgan fingerprint density at radius 2 is 1.88 bits per heavy atom. The highest BCUT2D eigenvalue weighted by Gasteiger charge is 2.18. The summed E-state index contributed by atoms with van der Waals surface area (Å²) in [6, 6.07) is 9.18. The maximum absolute atomic E-state index is 11.9. The van der Waals surface area contributed by atoms with Gasteiger partial charge in [-0.25, -0.2) is 5.43 Å². The molecule has 0 bridgehead atoms. The van der Waals surface area contributed by atoms with Crippen molar-refractivity contribution in [2.24, 2.45) is 11.0 Å². The van der Waals surface area contributed by atoms with Crippen LogP contribution in [0.1, 0.15) is 39.5 Å². The minimum Gasteiger partial charge on any atom is -0.326 e. The van der Waals surface area contributed by atoms with Gasteiger partial charge in [0.1, 0.15) is 0 Å². The molecule has 0 spiro atoms. The van der Waals surface area contributed by atoms with Crippen LogP contribution in [0.3, 0.4) is 0 Å². The highest BCUT2D eigenvalue weighted by atomic mass is 16.2. The average molecular weight is 339 g/mol. The van der Waals surface area contributed by atoms with Crippen LogP contribution in [0.4, 0.5) is 5.69 Å². The summed E-state index contributed by atoms with van der Waals surface area (Å²) in [5, 5.41) is 6.99. The molecule has 0 saturated heterocycles. The van der Waals surface area contributed by atoms with Crippen LogP contribution in [-0.2, 0) is 9.59 Å². The van der Waals surface area contributed by atoms with Crippen molar-refractivity contribution in [3.05, 3.63) is 54.1 Å². The zero-order valence-electron chi connectivity index (χ0n) is 14.8. The Kier molecular flexibility index (Phi) is 6.69. The summed E-state index contributed by atoms with van der Waals surface area (Å²) in [6.45, 7) is 8.01. The number of carbonyl (C=O) groups is 2. The first-order valence-electron chi connectivity index (χ1n) is 8.48. The maximum Gasteiger partial charge on any atom is 0.240 e. The topological polar surface area (TPSA) is 70.6 Å². The lowest BCUT2D eigenvalue weighted by atomic mass is 9.85. The number of allylic oxidation sites excluding steroid dienone is 3. The van der Waals surface area contributed by atoms with Crippen LogP contribution in [0.5, 0.6) is 0 Å². The molecule has 0 aromatic heterocycles. The van der Waals surface area contributed by atoms with Crippen molar-refractivity contribution in [1.29, 1.82) is 0 Å². The number of carbonyl (C=O) groups excluding carboxylic acids is 2. The molecule has 0 aliphatic heterocycles.